The van der Waals surface area contributed by atoms with Gasteiger partial charge in [0.15, 0.2) is 0 Å². The average Bonchev–Trinajstić information content (AvgIpc) is 1.93. The van der Waals surface area contributed by atoms with E-state index >= 15 is 0 Å². The van der Waals surface area contributed by atoms with Crippen LogP contribution in [0.25, 0.3) is 0 Å². The van der Waals surface area contributed by atoms with Crippen LogP contribution >= 0.6 is 0 Å². The lowest BCUT2D eigenvalue weighted by Crippen LogP contribution is -2.25. The number of aliphatic hydroxyl groups excluding tert-OH is 1. The third-order valence-electron chi connectivity index (χ3n) is 1.05. The number of aliphatic hydroxyl groups is 1. The molecule has 0 aromatic carbocycles. The second-order valence-corrected chi connectivity index (χ2v) is 1.67. The molecule has 0 amide bonds. The van der Waals surface area contributed by atoms with Crippen LogP contribution in [0.2, 0.25) is 0 Å². The lowest BCUT2D eigenvalue weighted by Gasteiger charge is -2.05. The summed E-state index contributed by atoms with van der Waals surface area (Å²) in [4.78, 5) is 0. The molecule has 2 nitrogen and oxygen atoms in total. The Morgan fingerprint density at radius 2 is 1.89 bits per heavy atom. The monoisotopic (exact) mass is 133 g/mol. The minimum Gasteiger partial charge on any atom is -0.381 e. The first-order valence-electron chi connectivity index (χ1n) is 3.65. The fraction of sp³-hybridized carbons (Fsp3) is 1.00. The van der Waals surface area contributed by atoms with Crippen molar-refractivity contribution in [3.63, 3.8) is 0 Å². The minimum atomic E-state index is 0.0923. The molecule has 0 saturated carbocycles. The van der Waals surface area contributed by atoms with Gasteiger partial charge < -0.3 is 5.11 Å². The van der Waals surface area contributed by atoms with Gasteiger partial charge >= 0.3 is 0 Å². The van der Waals surface area contributed by atoms with Gasteiger partial charge in [0.2, 0.25) is 0 Å². The summed E-state index contributed by atoms with van der Waals surface area (Å²) in [6.07, 6.45) is 1.07. The molecule has 0 heterocycles. The molecule has 0 aliphatic heterocycles. The molecule has 0 fully saturated rings. The summed E-state index contributed by atoms with van der Waals surface area (Å²) in [7, 11) is 0. The highest BCUT2D eigenvalue weighted by molar-refractivity contribution is 4.51. The molecule has 0 aromatic rings. The zero-order valence-corrected chi connectivity index (χ0v) is 6.94. The van der Waals surface area contributed by atoms with Crippen molar-refractivity contribution in [3.8, 4) is 0 Å². The maximum absolute atomic E-state index is 8.26. The molecular weight excluding hydrogens is 114 g/mol. The maximum Gasteiger partial charge on any atom is 0.0933 e. The third-order valence-corrected chi connectivity index (χ3v) is 1.05. The molecule has 0 saturated heterocycles. The van der Waals surface area contributed by atoms with Gasteiger partial charge in [-0.05, 0) is 13.3 Å². The molecule has 0 radical (unpaired) electrons. The Hall–Kier alpha value is -0.0800. The largest absolute Gasteiger partial charge is 0.381 e. The SMILES string of the molecule is CC.CCC(C)NCO. The number of nitrogens with one attached hydrogen (secondary N) is 1. The van der Waals surface area contributed by atoms with Gasteiger partial charge in [0.25, 0.3) is 0 Å². The smallest absolute Gasteiger partial charge is 0.0933 e. The highest BCUT2D eigenvalue weighted by Crippen LogP contribution is 1.83. The summed E-state index contributed by atoms with van der Waals surface area (Å²) >= 11 is 0. The Balaban J connectivity index is 0. The molecule has 0 aliphatic carbocycles. The lowest BCUT2D eigenvalue weighted by molar-refractivity contribution is 0.243. The van der Waals surface area contributed by atoms with Crippen LogP contribution in [0.4, 0.5) is 0 Å². The van der Waals surface area contributed by atoms with Gasteiger partial charge in [0.1, 0.15) is 0 Å². The van der Waals surface area contributed by atoms with E-state index in [0.717, 1.165) is 6.42 Å². The standard InChI is InChI=1S/C5H13NO.C2H6/c1-3-5(2)6-4-7;1-2/h5-7H,3-4H2,1-2H3;1-2H3. The summed E-state index contributed by atoms with van der Waals surface area (Å²) in [5.74, 6) is 0. The van der Waals surface area contributed by atoms with E-state index in [0.29, 0.717) is 6.04 Å². The first-order chi connectivity index (χ1) is 4.31. The molecule has 1 unspecified atom stereocenters. The van der Waals surface area contributed by atoms with Crippen LogP contribution in [0.1, 0.15) is 34.1 Å². The molecule has 1 atom stereocenters. The quantitative estimate of drug-likeness (QED) is 0.570. The molecule has 9 heavy (non-hydrogen) atoms. The topological polar surface area (TPSA) is 32.3 Å². The van der Waals surface area contributed by atoms with Gasteiger partial charge in [-0.15, -0.1) is 0 Å². The molecule has 0 bridgehead atoms. The highest BCUT2D eigenvalue weighted by atomic mass is 16.3. The zero-order valence-electron chi connectivity index (χ0n) is 6.94. The van der Waals surface area contributed by atoms with Crippen molar-refractivity contribution in [1.29, 1.82) is 0 Å². The van der Waals surface area contributed by atoms with Crippen molar-refractivity contribution < 1.29 is 5.11 Å². The van der Waals surface area contributed by atoms with Gasteiger partial charge in [-0.1, -0.05) is 20.8 Å². The van der Waals surface area contributed by atoms with Gasteiger partial charge in [0, 0.05) is 6.04 Å². The van der Waals surface area contributed by atoms with Gasteiger partial charge in [0.05, 0.1) is 6.73 Å². The molecule has 58 valence electrons. The maximum atomic E-state index is 8.26. The molecule has 2 N–H and O–H groups in total. The first kappa shape index (κ1) is 11.7. The molecule has 0 rings (SSSR count). The van der Waals surface area contributed by atoms with Crippen LogP contribution in [0.15, 0.2) is 0 Å². The summed E-state index contributed by atoms with van der Waals surface area (Å²) in [6, 6.07) is 0.449. The van der Waals surface area contributed by atoms with E-state index in [-0.39, 0.29) is 6.73 Å². The summed E-state index contributed by atoms with van der Waals surface area (Å²) < 4.78 is 0. The molecule has 0 spiro atoms. The normalized spacial score (nSPS) is 11.7. The fourth-order valence-corrected chi connectivity index (χ4v) is 0.300. The van der Waals surface area contributed by atoms with Crippen LogP contribution < -0.4 is 5.32 Å². The predicted molar refractivity (Wildman–Crippen MR) is 41.3 cm³/mol. The van der Waals surface area contributed by atoms with Crippen molar-refractivity contribution in [2.24, 2.45) is 0 Å². The van der Waals surface area contributed by atoms with Gasteiger partial charge in [-0.2, -0.15) is 0 Å². The van der Waals surface area contributed by atoms with Crippen molar-refractivity contribution >= 4 is 0 Å². The highest BCUT2D eigenvalue weighted by Gasteiger charge is 1.90. The van der Waals surface area contributed by atoms with E-state index in [1.165, 1.54) is 0 Å². The van der Waals surface area contributed by atoms with Crippen LogP contribution in [0.3, 0.4) is 0 Å². The second kappa shape index (κ2) is 10.8. The van der Waals surface area contributed by atoms with Crippen LogP contribution in [-0.2, 0) is 0 Å². The minimum absolute atomic E-state index is 0.0923. The van der Waals surface area contributed by atoms with Crippen molar-refractivity contribution in [2.45, 2.75) is 40.2 Å². The van der Waals surface area contributed by atoms with Crippen LogP contribution in [-0.4, -0.2) is 17.9 Å². The van der Waals surface area contributed by atoms with Gasteiger partial charge in [-0.3, -0.25) is 5.32 Å². The van der Waals surface area contributed by atoms with E-state index in [1.54, 1.807) is 0 Å². The number of hydrogen-bond acceptors (Lipinski definition) is 2. The Bertz CT molecular complexity index is 39.9. The fourth-order valence-electron chi connectivity index (χ4n) is 0.300. The van der Waals surface area contributed by atoms with E-state index in [9.17, 15) is 0 Å². The van der Waals surface area contributed by atoms with E-state index in [1.807, 2.05) is 20.8 Å². The summed E-state index contributed by atoms with van der Waals surface area (Å²) in [5.41, 5.74) is 0. The average molecular weight is 133 g/mol. The Morgan fingerprint density at radius 1 is 1.44 bits per heavy atom. The second-order valence-electron chi connectivity index (χ2n) is 1.67. The van der Waals surface area contributed by atoms with Crippen LogP contribution in [0, 0.1) is 0 Å². The molecule has 2 heteroatoms. The van der Waals surface area contributed by atoms with Crippen LogP contribution in [0.5, 0.6) is 0 Å². The summed E-state index contributed by atoms with van der Waals surface area (Å²) in [6.45, 7) is 8.21. The summed E-state index contributed by atoms with van der Waals surface area (Å²) in [5, 5.41) is 11.1. The molecular formula is C7H19NO. The van der Waals surface area contributed by atoms with E-state index < -0.39 is 0 Å². The van der Waals surface area contributed by atoms with Crippen molar-refractivity contribution in [2.75, 3.05) is 6.73 Å². The predicted octanol–water partition coefficient (Wildman–Crippen LogP) is 1.35. The first-order valence-corrected chi connectivity index (χ1v) is 3.65. The van der Waals surface area contributed by atoms with E-state index in [4.69, 9.17) is 5.11 Å². The van der Waals surface area contributed by atoms with Gasteiger partial charge in [-0.25, -0.2) is 0 Å². The Kier molecular flexibility index (Phi) is 14.0. The van der Waals surface area contributed by atoms with E-state index in [2.05, 4.69) is 12.2 Å². The molecule has 0 aliphatic rings. The van der Waals surface area contributed by atoms with Crippen molar-refractivity contribution in [3.05, 3.63) is 0 Å². The molecule has 0 aromatic heterocycles. The number of rotatable bonds is 3. The zero-order chi connectivity index (χ0) is 7.70. The Labute approximate surface area is 58.3 Å². The lowest BCUT2D eigenvalue weighted by atomic mass is 10.3. The number of hydrogen-bond donors (Lipinski definition) is 2. The third kappa shape index (κ3) is 11.5. The Morgan fingerprint density at radius 3 is 2.00 bits per heavy atom. The van der Waals surface area contributed by atoms with Crippen molar-refractivity contribution in [1.82, 2.24) is 5.32 Å².